The number of piperidine rings is 1. The molecular formula is C17H22BrClFN3O2. The van der Waals surface area contributed by atoms with Gasteiger partial charge in [-0.15, -0.1) is 12.4 Å². The summed E-state index contributed by atoms with van der Waals surface area (Å²) in [6.45, 7) is 2.72. The Morgan fingerprint density at radius 1 is 1.32 bits per heavy atom. The van der Waals surface area contributed by atoms with Gasteiger partial charge in [-0.2, -0.15) is 0 Å². The largest absolute Gasteiger partial charge is 0.352 e. The van der Waals surface area contributed by atoms with Gasteiger partial charge in [0, 0.05) is 31.2 Å². The molecule has 2 heterocycles. The Morgan fingerprint density at radius 3 is 2.80 bits per heavy atom. The van der Waals surface area contributed by atoms with Crippen LogP contribution in [-0.4, -0.2) is 48.9 Å². The number of halogens is 3. The summed E-state index contributed by atoms with van der Waals surface area (Å²) in [6, 6.07) is 4.55. The van der Waals surface area contributed by atoms with E-state index in [0.29, 0.717) is 23.1 Å². The predicted octanol–water partition coefficient (Wildman–Crippen LogP) is 2.34. The molecule has 2 amide bonds. The van der Waals surface area contributed by atoms with Gasteiger partial charge in [0.25, 0.3) is 5.91 Å². The van der Waals surface area contributed by atoms with E-state index in [0.717, 1.165) is 32.4 Å². The normalized spacial score (nSPS) is 23.0. The summed E-state index contributed by atoms with van der Waals surface area (Å²) in [4.78, 5) is 26.6. The first kappa shape index (κ1) is 20.1. The highest BCUT2D eigenvalue weighted by Gasteiger charge is 2.30. The average Bonchev–Trinajstić information content (AvgIpc) is 3.10. The number of hydrogen-bond acceptors (Lipinski definition) is 3. The Labute approximate surface area is 161 Å². The fourth-order valence-electron chi connectivity index (χ4n) is 3.28. The van der Waals surface area contributed by atoms with Crippen molar-refractivity contribution in [2.45, 2.75) is 25.3 Å². The van der Waals surface area contributed by atoms with Gasteiger partial charge in [0.1, 0.15) is 5.82 Å². The van der Waals surface area contributed by atoms with Crippen LogP contribution in [0.5, 0.6) is 0 Å². The van der Waals surface area contributed by atoms with Crippen molar-refractivity contribution in [1.82, 2.24) is 15.5 Å². The number of rotatable bonds is 3. The second-order valence-corrected chi connectivity index (χ2v) is 7.27. The molecule has 0 aromatic heterocycles. The standard InChI is InChI=1S/C17H21BrFN3O2.ClH/c18-14-4-3-11(8-15(14)19)17(24)22-7-1-2-12(10-22)16(23)21-13-5-6-20-9-13;/h3-4,8,12-13,20H,1-2,5-7,9-10H2,(H,21,23);1H. The highest BCUT2D eigenvalue weighted by atomic mass is 79.9. The zero-order chi connectivity index (χ0) is 17.1. The van der Waals surface area contributed by atoms with Gasteiger partial charge in [-0.3, -0.25) is 9.59 Å². The van der Waals surface area contributed by atoms with Gasteiger partial charge in [-0.05, 0) is 59.9 Å². The molecule has 2 unspecified atom stereocenters. The number of nitrogens with zero attached hydrogens (tertiary/aromatic N) is 1. The number of nitrogens with one attached hydrogen (secondary N) is 2. The van der Waals surface area contributed by atoms with Gasteiger partial charge in [0.05, 0.1) is 10.4 Å². The molecule has 1 aromatic carbocycles. The molecule has 0 spiro atoms. The summed E-state index contributed by atoms with van der Waals surface area (Å²) in [6.07, 6.45) is 2.51. The highest BCUT2D eigenvalue weighted by molar-refractivity contribution is 9.10. The third kappa shape index (κ3) is 4.92. The van der Waals surface area contributed by atoms with Crippen molar-refractivity contribution in [2.75, 3.05) is 26.2 Å². The molecule has 3 rings (SSSR count). The van der Waals surface area contributed by atoms with Crippen LogP contribution in [0.1, 0.15) is 29.6 Å². The Kier molecular flexibility index (Phi) is 7.22. The van der Waals surface area contributed by atoms with Gasteiger partial charge in [-0.25, -0.2) is 4.39 Å². The fraction of sp³-hybridized carbons (Fsp3) is 0.529. The monoisotopic (exact) mass is 433 g/mol. The summed E-state index contributed by atoms with van der Waals surface area (Å²) in [7, 11) is 0. The van der Waals surface area contributed by atoms with Crippen LogP contribution < -0.4 is 10.6 Å². The van der Waals surface area contributed by atoms with E-state index in [4.69, 9.17) is 0 Å². The number of amides is 2. The topological polar surface area (TPSA) is 61.4 Å². The predicted molar refractivity (Wildman–Crippen MR) is 99.4 cm³/mol. The van der Waals surface area contributed by atoms with Crippen LogP contribution in [0.3, 0.4) is 0 Å². The maximum absolute atomic E-state index is 13.7. The second-order valence-electron chi connectivity index (χ2n) is 6.42. The lowest BCUT2D eigenvalue weighted by Gasteiger charge is -2.32. The molecule has 5 nitrogen and oxygen atoms in total. The van der Waals surface area contributed by atoms with Crippen LogP contribution in [-0.2, 0) is 4.79 Å². The molecule has 25 heavy (non-hydrogen) atoms. The average molecular weight is 435 g/mol. The van der Waals surface area contributed by atoms with Crippen molar-refractivity contribution in [3.05, 3.63) is 34.1 Å². The van der Waals surface area contributed by atoms with Crippen LogP contribution in [0, 0.1) is 11.7 Å². The van der Waals surface area contributed by atoms with Gasteiger partial charge in [-0.1, -0.05) is 0 Å². The molecule has 1 aromatic rings. The second kappa shape index (κ2) is 8.96. The van der Waals surface area contributed by atoms with E-state index in [1.54, 1.807) is 11.0 Å². The summed E-state index contributed by atoms with van der Waals surface area (Å²) in [5.74, 6) is -0.853. The minimum Gasteiger partial charge on any atom is -0.352 e. The van der Waals surface area contributed by atoms with E-state index in [9.17, 15) is 14.0 Å². The lowest BCUT2D eigenvalue weighted by Crippen LogP contribution is -2.48. The van der Waals surface area contributed by atoms with E-state index in [1.165, 1.54) is 12.1 Å². The fourth-order valence-corrected chi connectivity index (χ4v) is 3.53. The first-order valence-corrected chi connectivity index (χ1v) is 9.09. The van der Waals surface area contributed by atoms with Crippen molar-refractivity contribution in [3.8, 4) is 0 Å². The van der Waals surface area contributed by atoms with Crippen LogP contribution in [0.15, 0.2) is 22.7 Å². The van der Waals surface area contributed by atoms with Crippen LogP contribution in [0.4, 0.5) is 4.39 Å². The Bertz CT molecular complexity index is 640. The van der Waals surface area contributed by atoms with E-state index in [1.807, 2.05) is 0 Å². The molecule has 2 saturated heterocycles. The van der Waals surface area contributed by atoms with Crippen molar-refractivity contribution in [2.24, 2.45) is 5.92 Å². The molecule has 8 heteroatoms. The summed E-state index contributed by atoms with van der Waals surface area (Å²) in [5.41, 5.74) is 0.316. The van der Waals surface area contributed by atoms with Gasteiger partial charge in [0.2, 0.25) is 5.91 Å². The van der Waals surface area contributed by atoms with E-state index in [-0.39, 0.29) is 36.2 Å². The third-order valence-electron chi connectivity index (χ3n) is 4.65. The van der Waals surface area contributed by atoms with Crippen molar-refractivity contribution >= 4 is 40.2 Å². The molecule has 0 aliphatic carbocycles. The minimum atomic E-state index is -0.458. The molecule has 2 N–H and O–H groups in total. The molecule has 2 aliphatic rings. The SMILES string of the molecule is Cl.O=C(NC1CCNC1)C1CCCN(C(=O)c2ccc(Br)c(F)c2)C1. The van der Waals surface area contributed by atoms with Crippen molar-refractivity contribution in [1.29, 1.82) is 0 Å². The number of carbonyl (C=O) groups is 2. The Hall–Kier alpha value is -1.18. The van der Waals surface area contributed by atoms with Gasteiger partial charge < -0.3 is 15.5 Å². The first-order chi connectivity index (χ1) is 11.5. The first-order valence-electron chi connectivity index (χ1n) is 8.30. The Balaban J connectivity index is 0.00000225. The zero-order valence-electron chi connectivity index (χ0n) is 13.8. The molecule has 2 aliphatic heterocycles. The molecule has 0 saturated carbocycles. The minimum absolute atomic E-state index is 0. The number of likely N-dealkylation sites (tertiary alicyclic amines) is 1. The highest BCUT2D eigenvalue weighted by Crippen LogP contribution is 2.22. The van der Waals surface area contributed by atoms with Crippen LogP contribution in [0.25, 0.3) is 0 Å². The number of carbonyl (C=O) groups excluding carboxylic acids is 2. The third-order valence-corrected chi connectivity index (χ3v) is 5.30. The van der Waals surface area contributed by atoms with Crippen LogP contribution >= 0.6 is 28.3 Å². The molecule has 2 atom stereocenters. The van der Waals surface area contributed by atoms with E-state index >= 15 is 0 Å². The molecule has 2 fully saturated rings. The molecule has 0 radical (unpaired) electrons. The van der Waals surface area contributed by atoms with Crippen molar-refractivity contribution in [3.63, 3.8) is 0 Å². The lowest BCUT2D eigenvalue weighted by atomic mass is 9.96. The number of benzene rings is 1. The summed E-state index contributed by atoms with van der Waals surface area (Å²) < 4.78 is 14.0. The maximum atomic E-state index is 13.7. The quantitative estimate of drug-likeness (QED) is 0.768. The molecule has 0 bridgehead atoms. The smallest absolute Gasteiger partial charge is 0.253 e. The summed E-state index contributed by atoms with van der Waals surface area (Å²) >= 11 is 3.09. The van der Waals surface area contributed by atoms with E-state index < -0.39 is 5.82 Å². The van der Waals surface area contributed by atoms with Gasteiger partial charge in [0.15, 0.2) is 0 Å². The maximum Gasteiger partial charge on any atom is 0.253 e. The Morgan fingerprint density at radius 2 is 2.12 bits per heavy atom. The van der Waals surface area contributed by atoms with Crippen LogP contribution in [0.2, 0.25) is 0 Å². The van der Waals surface area contributed by atoms with Crippen molar-refractivity contribution < 1.29 is 14.0 Å². The summed E-state index contributed by atoms with van der Waals surface area (Å²) in [5, 5.41) is 6.28. The number of hydrogen-bond donors (Lipinski definition) is 2. The van der Waals surface area contributed by atoms with E-state index in [2.05, 4.69) is 26.6 Å². The lowest BCUT2D eigenvalue weighted by molar-refractivity contribution is -0.126. The van der Waals surface area contributed by atoms with Gasteiger partial charge >= 0.3 is 0 Å². The molecular weight excluding hydrogens is 413 g/mol. The molecule has 138 valence electrons. The zero-order valence-corrected chi connectivity index (χ0v) is 16.2.